The summed E-state index contributed by atoms with van der Waals surface area (Å²) in [6.07, 6.45) is -1.33. The minimum atomic E-state index is -4.45. The van der Waals surface area contributed by atoms with Crippen LogP contribution in [0.2, 0.25) is 0 Å². The summed E-state index contributed by atoms with van der Waals surface area (Å²) in [7, 11) is 0. The molecular weight excluding hydrogens is 441 g/mol. The van der Waals surface area contributed by atoms with Gasteiger partial charge in [-0.25, -0.2) is 4.98 Å². The van der Waals surface area contributed by atoms with Crippen molar-refractivity contribution in [3.05, 3.63) is 53.2 Å². The minimum absolute atomic E-state index is 0.00269. The molecule has 1 aliphatic heterocycles. The first-order valence-corrected chi connectivity index (χ1v) is 11.1. The van der Waals surface area contributed by atoms with Crippen molar-refractivity contribution < 1.29 is 22.4 Å². The molecule has 1 atom stereocenters. The number of furan rings is 1. The van der Waals surface area contributed by atoms with Crippen LogP contribution in [-0.2, 0) is 12.6 Å². The number of anilines is 1. The van der Waals surface area contributed by atoms with Gasteiger partial charge in [0, 0.05) is 29.6 Å². The Morgan fingerprint density at radius 1 is 1.28 bits per heavy atom. The molecule has 0 aliphatic carbocycles. The Labute approximate surface area is 187 Å². The van der Waals surface area contributed by atoms with Gasteiger partial charge in [-0.2, -0.15) is 17.5 Å². The van der Waals surface area contributed by atoms with Gasteiger partial charge in [0.05, 0.1) is 5.56 Å². The number of carbonyl (C=O) groups is 1. The van der Waals surface area contributed by atoms with E-state index in [-0.39, 0.29) is 5.76 Å². The molecule has 3 aromatic rings. The molecule has 1 amide bonds. The Balaban J connectivity index is 1.44. The fourth-order valence-corrected chi connectivity index (χ4v) is 4.46. The number of carbonyl (C=O) groups excluding carboxylic acids is 1. The van der Waals surface area contributed by atoms with Crippen LogP contribution in [0.4, 0.5) is 18.3 Å². The van der Waals surface area contributed by atoms with E-state index in [4.69, 9.17) is 4.42 Å². The first kappa shape index (κ1) is 22.5. The van der Waals surface area contributed by atoms with Crippen LogP contribution in [0.25, 0.3) is 11.1 Å². The molecule has 3 heterocycles. The van der Waals surface area contributed by atoms with E-state index < -0.39 is 17.6 Å². The molecule has 1 saturated heterocycles. The van der Waals surface area contributed by atoms with Gasteiger partial charge in [0.1, 0.15) is 11.6 Å². The fraction of sp³-hybridized carbons (Fsp3) is 0.409. The van der Waals surface area contributed by atoms with Crippen molar-refractivity contribution in [2.45, 2.75) is 45.3 Å². The van der Waals surface area contributed by atoms with Crippen molar-refractivity contribution in [2.24, 2.45) is 0 Å². The molecule has 0 spiro atoms. The van der Waals surface area contributed by atoms with Crippen LogP contribution in [0.15, 0.2) is 34.7 Å². The molecule has 1 aliphatic rings. The Bertz CT molecular complexity index is 1100. The number of amides is 1. The summed E-state index contributed by atoms with van der Waals surface area (Å²) in [5.74, 6) is 0.496. The Morgan fingerprint density at radius 2 is 2.03 bits per heavy atom. The molecular formula is C22H23F3N4O2S. The summed E-state index contributed by atoms with van der Waals surface area (Å²) in [6.45, 7) is 5.92. The summed E-state index contributed by atoms with van der Waals surface area (Å²) >= 11 is 1.09. The molecule has 0 saturated carbocycles. The third kappa shape index (κ3) is 5.02. The zero-order valence-electron chi connectivity index (χ0n) is 17.7. The van der Waals surface area contributed by atoms with Crippen molar-refractivity contribution >= 4 is 22.6 Å². The van der Waals surface area contributed by atoms with Crippen molar-refractivity contribution in [3.8, 4) is 11.1 Å². The third-order valence-electron chi connectivity index (χ3n) is 5.57. The number of alkyl halides is 3. The lowest BCUT2D eigenvalue weighted by Crippen LogP contribution is -2.32. The molecule has 2 aromatic heterocycles. The van der Waals surface area contributed by atoms with E-state index in [1.807, 2.05) is 0 Å². The average Bonchev–Trinajstić information content (AvgIpc) is 3.49. The van der Waals surface area contributed by atoms with Gasteiger partial charge >= 0.3 is 6.18 Å². The first-order valence-electron chi connectivity index (χ1n) is 10.4. The predicted molar refractivity (Wildman–Crippen MR) is 116 cm³/mol. The van der Waals surface area contributed by atoms with Crippen molar-refractivity contribution in [2.75, 3.05) is 18.4 Å². The van der Waals surface area contributed by atoms with Crippen molar-refractivity contribution in [1.29, 1.82) is 0 Å². The van der Waals surface area contributed by atoms with Crippen LogP contribution < -0.4 is 5.32 Å². The highest BCUT2D eigenvalue weighted by Gasteiger charge is 2.31. The maximum Gasteiger partial charge on any atom is 0.416 e. The Kier molecular flexibility index (Phi) is 6.34. The van der Waals surface area contributed by atoms with Crippen LogP contribution >= 0.6 is 11.5 Å². The molecule has 10 heteroatoms. The Morgan fingerprint density at radius 3 is 2.75 bits per heavy atom. The van der Waals surface area contributed by atoms with Crippen LogP contribution in [0, 0.1) is 6.92 Å². The number of hydrogen-bond acceptors (Lipinski definition) is 6. The molecule has 0 bridgehead atoms. The van der Waals surface area contributed by atoms with E-state index in [1.54, 1.807) is 13.0 Å². The first-order chi connectivity index (χ1) is 15.2. The van der Waals surface area contributed by atoms with E-state index in [1.165, 1.54) is 25.0 Å². The number of nitrogens with zero attached hydrogens (tertiary/aromatic N) is 3. The van der Waals surface area contributed by atoms with E-state index in [0.29, 0.717) is 40.3 Å². The number of hydrogen-bond donors (Lipinski definition) is 1. The standard InChI is InChI=1S/C22H23F3N4O2S/c1-13(29-8-3-4-9-29)10-19-26-21(32-28-19)27-20(30)18-12-17(14(2)31-18)15-6-5-7-16(11-15)22(23,24)25/h5-7,11-13H,3-4,8-10H2,1-2H3,(H,26,27,28,30). The van der Waals surface area contributed by atoms with Gasteiger partial charge in [-0.3, -0.25) is 10.1 Å². The van der Waals surface area contributed by atoms with Crippen molar-refractivity contribution in [3.63, 3.8) is 0 Å². The van der Waals surface area contributed by atoms with E-state index in [9.17, 15) is 18.0 Å². The summed E-state index contributed by atoms with van der Waals surface area (Å²) in [4.78, 5) is 19.4. The zero-order valence-corrected chi connectivity index (χ0v) is 18.5. The number of rotatable bonds is 6. The third-order valence-corrected chi connectivity index (χ3v) is 6.24. The second-order valence-electron chi connectivity index (χ2n) is 7.93. The lowest BCUT2D eigenvalue weighted by atomic mass is 10.0. The van der Waals surface area contributed by atoms with Crippen molar-refractivity contribution in [1.82, 2.24) is 14.3 Å². The fourth-order valence-electron chi connectivity index (χ4n) is 3.87. The average molecular weight is 465 g/mol. The highest BCUT2D eigenvalue weighted by molar-refractivity contribution is 7.09. The maximum atomic E-state index is 13.0. The quantitative estimate of drug-likeness (QED) is 0.529. The second-order valence-corrected chi connectivity index (χ2v) is 8.68. The molecule has 1 unspecified atom stereocenters. The normalized spacial score (nSPS) is 15.8. The molecule has 1 fully saturated rings. The summed E-state index contributed by atoms with van der Waals surface area (Å²) in [5.41, 5.74) is -0.000910. The predicted octanol–water partition coefficient (Wildman–Crippen LogP) is 5.40. The van der Waals surface area contributed by atoms with Gasteiger partial charge in [-0.1, -0.05) is 12.1 Å². The maximum absolute atomic E-state index is 13.0. The molecule has 4 rings (SSSR count). The van der Waals surface area contributed by atoms with Crippen LogP contribution in [0.5, 0.6) is 0 Å². The molecule has 32 heavy (non-hydrogen) atoms. The molecule has 1 aromatic carbocycles. The van der Waals surface area contributed by atoms with Crippen LogP contribution in [0.1, 0.15) is 47.5 Å². The zero-order chi connectivity index (χ0) is 22.9. The molecule has 0 radical (unpaired) electrons. The lowest BCUT2D eigenvalue weighted by Gasteiger charge is -2.22. The summed E-state index contributed by atoms with van der Waals surface area (Å²) in [5, 5.41) is 3.02. The number of benzene rings is 1. The van der Waals surface area contributed by atoms with E-state index in [2.05, 4.69) is 26.5 Å². The van der Waals surface area contributed by atoms with Gasteiger partial charge in [-0.15, -0.1) is 0 Å². The topological polar surface area (TPSA) is 71.3 Å². The van der Waals surface area contributed by atoms with Crippen LogP contribution in [-0.4, -0.2) is 39.3 Å². The molecule has 6 nitrogen and oxygen atoms in total. The monoisotopic (exact) mass is 464 g/mol. The van der Waals surface area contributed by atoms with Gasteiger partial charge < -0.3 is 9.32 Å². The number of aryl methyl sites for hydroxylation is 1. The van der Waals surface area contributed by atoms with Gasteiger partial charge in [0.2, 0.25) is 5.13 Å². The summed E-state index contributed by atoms with van der Waals surface area (Å²) in [6, 6.07) is 6.70. The number of likely N-dealkylation sites (tertiary alicyclic amines) is 1. The highest BCUT2D eigenvalue weighted by Crippen LogP contribution is 2.34. The lowest BCUT2D eigenvalue weighted by molar-refractivity contribution is -0.137. The minimum Gasteiger partial charge on any atom is -0.456 e. The van der Waals surface area contributed by atoms with Gasteiger partial charge in [0.25, 0.3) is 5.91 Å². The smallest absolute Gasteiger partial charge is 0.416 e. The van der Waals surface area contributed by atoms with Gasteiger partial charge in [0.15, 0.2) is 5.76 Å². The molecule has 1 N–H and O–H groups in total. The highest BCUT2D eigenvalue weighted by atomic mass is 32.1. The largest absolute Gasteiger partial charge is 0.456 e. The second kappa shape index (κ2) is 9.03. The van der Waals surface area contributed by atoms with E-state index in [0.717, 1.165) is 36.8 Å². The number of nitrogens with one attached hydrogen (secondary N) is 1. The van der Waals surface area contributed by atoms with E-state index >= 15 is 0 Å². The molecule has 170 valence electrons. The Hall–Kier alpha value is -2.72. The number of halogens is 3. The number of aromatic nitrogens is 2. The summed E-state index contributed by atoms with van der Waals surface area (Å²) < 4.78 is 48.9. The van der Waals surface area contributed by atoms with Crippen LogP contribution in [0.3, 0.4) is 0 Å². The van der Waals surface area contributed by atoms with Gasteiger partial charge in [-0.05, 0) is 63.5 Å². The SMILES string of the molecule is Cc1oc(C(=O)Nc2nc(CC(C)N3CCCC3)ns2)cc1-c1cccc(C(F)(F)F)c1.